The molecule has 1 heterocycles. The Bertz CT molecular complexity index is 1290. The Morgan fingerprint density at radius 2 is 1.66 bits per heavy atom. The molecule has 0 bridgehead atoms. The van der Waals surface area contributed by atoms with E-state index in [9.17, 15) is 23.4 Å². The van der Waals surface area contributed by atoms with Gasteiger partial charge in [0.05, 0.1) is 11.8 Å². The van der Waals surface area contributed by atoms with Gasteiger partial charge in [0.2, 0.25) is 5.88 Å². The van der Waals surface area contributed by atoms with Crippen LogP contribution in [-0.2, 0) is 23.2 Å². The molecule has 1 aliphatic rings. The summed E-state index contributed by atoms with van der Waals surface area (Å²) in [4.78, 5) is 11.2. The van der Waals surface area contributed by atoms with Crippen molar-refractivity contribution < 1.29 is 28.2 Å². The van der Waals surface area contributed by atoms with Crippen LogP contribution in [0.3, 0.4) is 0 Å². The molecule has 0 unspecified atom stereocenters. The second kappa shape index (κ2) is 8.64. The minimum absolute atomic E-state index is 0.189. The number of aromatic carboxylic acids is 1. The number of hydrogen-bond donors (Lipinski definition) is 3. The summed E-state index contributed by atoms with van der Waals surface area (Å²) in [6.45, 7) is 0.211. The number of carbonyl (C=O) groups is 1. The van der Waals surface area contributed by atoms with Crippen LogP contribution in [0.2, 0.25) is 0 Å². The van der Waals surface area contributed by atoms with Crippen molar-refractivity contribution in [3.8, 4) is 5.75 Å². The molecule has 3 aromatic rings. The number of aliphatic hydroxyl groups is 1. The molecular weight excluding hydrogens is 432 g/mol. The summed E-state index contributed by atoms with van der Waals surface area (Å²) in [6.07, 6.45) is 1.49. The molecule has 0 spiro atoms. The maximum absolute atomic E-state index is 12.4. The van der Waals surface area contributed by atoms with E-state index in [2.05, 4.69) is 0 Å². The van der Waals surface area contributed by atoms with E-state index in [1.54, 1.807) is 30.3 Å². The van der Waals surface area contributed by atoms with Crippen LogP contribution in [0.25, 0.3) is 0 Å². The summed E-state index contributed by atoms with van der Waals surface area (Å²) >= 11 is 0. The van der Waals surface area contributed by atoms with E-state index in [-0.39, 0.29) is 17.9 Å². The molecule has 0 radical (unpaired) electrons. The van der Waals surface area contributed by atoms with Gasteiger partial charge in [-0.15, -0.1) is 0 Å². The van der Waals surface area contributed by atoms with Gasteiger partial charge in [0.25, 0.3) is 0 Å². The van der Waals surface area contributed by atoms with Gasteiger partial charge in [-0.2, -0.15) is 8.42 Å². The van der Waals surface area contributed by atoms with Crippen LogP contribution in [0.4, 0.5) is 5.69 Å². The Hall–Kier alpha value is -3.98. The number of rotatable bonds is 7. The fraction of sp³-hybridized carbons (Fsp3) is 0.0870. The summed E-state index contributed by atoms with van der Waals surface area (Å²) in [5.74, 6) is -1.20. The molecule has 3 N–H and O–H groups in total. The predicted molar refractivity (Wildman–Crippen MR) is 119 cm³/mol. The van der Waals surface area contributed by atoms with Gasteiger partial charge in [-0.1, -0.05) is 48.5 Å². The highest BCUT2D eigenvalue weighted by atomic mass is 32.2. The largest absolute Gasteiger partial charge is 0.493 e. The monoisotopic (exact) mass is 452 g/mol. The van der Waals surface area contributed by atoms with Crippen molar-refractivity contribution in [3.63, 3.8) is 0 Å². The van der Waals surface area contributed by atoms with Crippen LogP contribution >= 0.6 is 0 Å². The van der Waals surface area contributed by atoms with E-state index in [0.717, 1.165) is 27.2 Å². The molecule has 9 heteroatoms. The molecule has 164 valence electrons. The first kappa shape index (κ1) is 21.3. The first-order valence-corrected chi connectivity index (χ1v) is 11.1. The Balaban J connectivity index is 1.68. The highest BCUT2D eigenvalue weighted by Crippen LogP contribution is 2.34. The lowest BCUT2D eigenvalue weighted by atomic mass is 10.0. The lowest BCUT2D eigenvalue weighted by Gasteiger charge is -2.19. The lowest BCUT2D eigenvalue weighted by molar-refractivity contribution is 0.0696. The molecule has 0 saturated carbocycles. The molecule has 0 saturated heterocycles. The standard InChI is InChI=1S/C23H20N2O6S/c26-22-14-25(32(29,30)24-22)20-10-9-18(11-17-7-4-8-19(12-17)23(27)28)13-21(20)31-15-16-5-2-1-3-6-16/h1-10,12-14,24,26H,11,15H2,(H,27,28). The first-order valence-electron chi connectivity index (χ1n) is 9.67. The number of carboxylic acid groups (broad SMARTS) is 1. The molecule has 32 heavy (non-hydrogen) atoms. The fourth-order valence-corrected chi connectivity index (χ4v) is 4.40. The van der Waals surface area contributed by atoms with Crippen molar-refractivity contribution in [1.82, 2.24) is 4.72 Å². The van der Waals surface area contributed by atoms with Crippen molar-refractivity contribution >= 4 is 21.9 Å². The second-order valence-corrected chi connectivity index (χ2v) is 8.72. The first-order chi connectivity index (χ1) is 15.3. The third-order valence-corrected chi connectivity index (χ3v) is 6.10. The lowest BCUT2D eigenvalue weighted by Crippen LogP contribution is -2.29. The molecule has 0 atom stereocenters. The van der Waals surface area contributed by atoms with Crippen LogP contribution < -0.4 is 13.8 Å². The van der Waals surface area contributed by atoms with E-state index in [4.69, 9.17) is 4.74 Å². The van der Waals surface area contributed by atoms with Gasteiger partial charge in [-0.25, -0.2) is 13.8 Å². The zero-order chi connectivity index (χ0) is 22.7. The zero-order valence-electron chi connectivity index (χ0n) is 16.8. The van der Waals surface area contributed by atoms with E-state index in [1.165, 1.54) is 6.07 Å². The van der Waals surface area contributed by atoms with Crippen molar-refractivity contribution in [1.29, 1.82) is 0 Å². The number of anilines is 1. The van der Waals surface area contributed by atoms with Gasteiger partial charge in [-0.05, 0) is 47.4 Å². The van der Waals surface area contributed by atoms with Crippen LogP contribution in [0.15, 0.2) is 84.9 Å². The third kappa shape index (κ3) is 4.68. The highest BCUT2D eigenvalue weighted by Gasteiger charge is 2.31. The van der Waals surface area contributed by atoms with Crippen molar-refractivity contribution in [2.75, 3.05) is 4.31 Å². The van der Waals surface area contributed by atoms with Crippen LogP contribution in [0, 0.1) is 0 Å². The molecule has 4 rings (SSSR count). The van der Waals surface area contributed by atoms with E-state index < -0.39 is 22.1 Å². The summed E-state index contributed by atoms with van der Waals surface area (Å²) in [5.41, 5.74) is 2.92. The van der Waals surface area contributed by atoms with Crippen LogP contribution in [0.5, 0.6) is 5.75 Å². The van der Waals surface area contributed by atoms with Crippen molar-refractivity contribution in [2.45, 2.75) is 13.0 Å². The maximum atomic E-state index is 12.4. The van der Waals surface area contributed by atoms with Crippen LogP contribution in [-0.4, -0.2) is 24.6 Å². The minimum atomic E-state index is -3.99. The number of benzene rings is 3. The molecular formula is C23H20N2O6S. The number of ether oxygens (including phenoxy) is 1. The average molecular weight is 452 g/mol. The fourth-order valence-electron chi connectivity index (χ4n) is 3.34. The van der Waals surface area contributed by atoms with Crippen molar-refractivity contribution in [2.24, 2.45) is 0 Å². The summed E-state index contributed by atoms with van der Waals surface area (Å²) in [7, 11) is -3.99. The average Bonchev–Trinajstić information content (AvgIpc) is 3.05. The molecule has 1 aliphatic heterocycles. The highest BCUT2D eigenvalue weighted by molar-refractivity contribution is 7.91. The maximum Gasteiger partial charge on any atom is 0.335 e. The van der Waals surface area contributed by atoms with Gasteiger partial charge in [0.15, 0.2) is 0 Å². The van der Waals surface area contributed by atoms with Gasteiger partial charge in [0, 0.05) is 0 Å². The van der Waals surface area contributed by atoms with Gasteiger partial charge < -0.3 is 14.9 Å². The smallest absolute Gasteiger partial charge is 0.335 e. The molecule has 0 fully saturated rings. The SMILES string of the molecule is O=C(O)c1cccc(Cc2ccc(N3C=C(O)NS3(=O)=O)c(OCc3ccccc3)c2)c1. The van der Waals surface area contributed by atoms with Gasteiger partial charge in [0.1, 0.15) is 18.0 Å². The topological polar surface area (TPSA) is 116 Å². The molecule has 3 aromatic carbocycles. The molecule has 0 aliphatic carbocycles. The minimum Gasteiger partial charge on any atom is -0.493 e. The van der Waals surface area contributed by atoms with Gasteiger partial charge in [-0.3, -0.25) is 0 Å². The summed E-state index contributed by atoms with van der Waals surface area (Å²) < 4.78 is 33.6. The number of nitrogens with zero attached hydrogens (tertiary/aromatic N) is 1. The van der Waals surface area contributed by atoms with E-state index in [1.807, 2.05) is 41.1 Å². The van der Waals surface area contributed by atoms with E-state index >= 15 is 0 Å². The van der Waals surface area contributed by atoms with Gasteiger partial charge >= 0.3 is 16.2 Å². The number of aliphatic hydroxyl groups excluding tert-OH is 1. The molecule has 8 nitrogen and oxygen atoms in total. The Labute approximate surface area is 185 Å². The normalized spacial score (nSPS) is 14.5. The van der Waals surface area contributed by atoms with Crippen LogP contribution in [0.1, 0.15) is 27.0 Å². The number of hydrogen-bond acceptors (Lipinski definition) is 5. The molecule has 0 aromatic heterocycles. The number of carboxylic acids is 1. The summed E-state index contributed by atoms with van der Waals surface area (Å²) in [6, 6.07) is 21.1. The summed E-state index contributed by atoms with van der Waals surface area (Å²) in [5, 5.41) is 18.9. The third-order valence-electron chi connectivity index (χ3n) is 4.81. The second-order valence-electron chi connectivity index (χ2n) is 7.18. The quantitative estimate of drug-likeness (QED) is 0.505. The zero-order valence-corrected chi connectivity index (χ0v) is 17.6. The number of nitrogens with one attached hydrogen (secondary N) is 1. The molecule has 0 amide bonds. The Morgan fingerprint density at radius 3 is 2.34 bits per heavy atom. The predicted octanol–water partition coefficient (Wildman–Crippen LogP) is 3.57. The van der Waals surface area contributed by atoms with Crippen molar-refractivity contribution in [3.05, 3.63) is 107 Å². The van der Waals surface area contributed by atoms with E-state index in [0.29, 0.717) is 12.2 Å². The Kier molecular flexibility index (Phi) is 5.74. The Morgan fingerprint density at radius 1 is 0.938 bits per heavy atom.